The molecule has 0 aliphatic rings. The first kappa shape index (κ1) is 13.7. The molecule has 1 unspecified atom stereocenters. The van der Waals surface area contributed by atoms with Crippen LogP contribution in [0.1, 0.15) is 33.6 Å². The Bertz CT molecular complexity index is 134. The summed E-state index contributed by atoms with van der Waals surface area (Å²) in [6, 6.07) is 0.655. The minimum Gasteiger partial charge on any atom is -0.317 e. The Labute approximate surface area is 89.4 Å². The van der Waals surface area contributed by atoms with E-state index in [0.29, 0.717) is 6.04 Å². The molecular formula is C12H26N2. The molecule has 0 saturated heterocycles. The summed E-state index contributed by atoms with van der Waals surface area (Å²) in [5.41, 5.74) is 0. The lowest BCUT2D eigenvalue weighted by atomic mass is 10.2. The van der Waals surface area contributed by atoms with Gasteiger partial charge in [0.2, 0.25) is 0 Å². The van der Waals surface area contributed by atoms with Crippen molar-refractivity contribution in [2.45, 2.75) is 39.7 Å². The van der Waals surface area contributed by atoms with Gasteiger partial charge in [0.15, 0.2) is 0 Å². The second kappa shape index (κ2) is 9.22. The summed E-state index contributed by atoms with van der Waals surface area (Å²) in [4.78, 5) is 2.45. The van der Waals surface area contributed by atoms with Crippen LogP contribution in [0.3, 0.4) is 0 Å². The largest absolute Gasteiger partial charge is 0.317 e. The zero-order valence-corrected chi connectivity index (χ0v) is 10.1. The van der Waals surface area contributed by atoms with Gasteiger partial charge >= 0.3 is 0 Å². The SMILES string of the molecule is C=CCN(CC)C(C)CCNCCC. The highest BCUT2D eigenvalue weighted by Gasteiger charge is 2.08. The maximum atomic E-state index is 3.78. The Morgan fingerprint density at radius 3 is 2.57 bits per heavy atom. The molecule has 1 N–H and O–H groups in total. The minimum absolute atomic E-state index is 0.655. The van der Waals surface area contributed by atoms with Crippen molar-refractivity contribution in [3.63, 3.8) is 0 Å². The number of rotatable bonds is 9. The standard InChI is InChI=1S/C12H26N2/c1-5-9-13-10-8-12(4)14(7-3)11-6-2/h6,12-13H,2,5,7-11H2,1,3-4H3. The van der Waals surface area contributed by atoms with Crippen molar-refractivity contribution in [2.24, 2.45) is 0 Å². The molecule has 0 saturated carbocycles. The van der Waals surface area contributed by atoms with Crippen LogP contribution >= 0.6 is 0 Å². The van der Waals surface area contributed by atoms with Crippen LogP contribution < -0.4 is 5.32 Å². The summed E-state index contributed by atoms with van der Waals surface area (Å²) in [7, 11) is 0. The van der Waals surface area contributed by atoms with Gasteiger partial charge in [-0.1, -0.05) is 19.9 Å². The van der Waals surface area contributed by atoms with Gasteiger partial charge in [-0.2, -0.15) is 0 Å². The van der Waals surface area contributed by atoms with Gasteiger partial charge < -0.3 is 5.32 Å². The fourth-order valence-electron chi connectivity index (χ4n) is 1.58. The third kappa shape index (κ3) is 6.17. The lowest BCUT2D eigenvalue weighted by Gasteiger charge is -2.26. The van der Waals surface area contributed by atoms with E-state index in [9.17, 15) is 0 Å². The average Bonchev–Trinajstić information content (AvgIpc) is 2.20. The molecule has 0 aliphatic carbocycles. The molecule has 0 rings (SSSR count). The molecule has 84 valence electrons. The van der Waals surface area contributed by atoms with Crippen molar-refractivity contribution in [1.29, 1.82) is 0 Å². The predicted octanol–water partition coefficient (Wildman–Crippen LogP) is 2.27. The summed E-state index contributed by atoms with van der Waals surface area (Å²) >= 11 is 0. The fourth-order valence-corrected chi connectivity index (χ4v) is 1.58. The predicted molar refractivity (Wildman–Crippen MR) is 64.7 cm³/mol. The molecule has 0 aromatic carbocycles. The summed E-state index contributed by atoms with van der Waals surface area (Å²) in [6.45, 7) is 14.9. The molecule has 0 spiro atoms. The van der Waals surface area contributed by atoms with Crippen molar-refractivity contribution >= 4 is 0 Å². The monoisotopic (exact) mass is 198 g/mol. The van der Waals surface area contributed by atoms with Gasteiger partial charge in [-0.15, -0.1) is 6.58 Å². The van der Waals surface area contributed by atoms with E-state index in [1.807, 2.05) is 6.08 Å². The first-order chi connectivity index (χ1) is 6.76. The van der Waals surface area contributed by atoms with Gasteiger partial charge in [0.25, 0.3) is 0 Å². The third-order valence-electron chi connectivity index (χ3n) is 2.56. The van der Waals surface area contributed by atoms with Crippen molar-refractivity contribution in [3.8, 4) is 0 Å². The van der Waals surface area contributed by atoms with Gasteiger partial charge in [-0.25, -0.2) is 0 Å². The molecule has 2 nitrogen and oxygen atoms in total. The third-order valence-corrected chi connectivity index (χ3v) is 2.56. The normalized spacial score (nSPS) is 13.1. The molecule has 0 bridgehead atoms. The van der Waals surface area contributed by atoms with Crippen LogP contribution in [0.25, 0.3) is 0 Å². The molecule has 14 heavy (non-hydrogen) atoms. The molecule has 0 amide bonds. The average molecular weight is 198 g/mol. The zero-order valence-electron chi connectivity index (χ0n) is 10.1. The Morgan fingerprint density at radius 2 is 2.07 bits per heavy atom. The van der Waals surface area contributed by atoms with Crippen LogP contribution in [0.4, 0.5) is 0 Å². The topological polar surface area (TPSA) is 15.3 Å². The second-order valence-electron chi connectivity index (χ2n) is 3.76. The van der Waals surface area contributed by atoms with Gasteiger partial charge in [0, 0.05) is 12.6 Å². The molecule has 0 fully saturated rings. The lowest BCUT2D eigenvalue weighted by Crippen LogP contribution is -2.35. The van der Waals surface area contributed by atoms with Gasteiger partial charge in [-0.3, -0.25) is 4.90 Å². The molecule has 0 aromatic rings. The van der Waals surface area contributed by atoms with E-state index in [2.05, 4.69) is 37.6 Å². The van der Waals surface area contributed by atoms with E-state index < -0.39 is 0 Å². The van der Waals surface area contributed by atoms with Crippen LogP contribution in [-0.4, -0.2) is 37.1 Å². The molecule has 0 aromatic heterocycles. The minimum atomic E-state index is 0.655. The van der Waals surface area contributed by atoms with E-state index in [0.717, 1.165) is 26.2 Å². The Morgan fingerprint density at radius 1 is 1.36 bits per heavy atom. The van der Waals surface area contributed by atoms with Gasteiger partial charge in [0.05, 0.1) is 0 Å². The maximum Gasteiger partial charge on any atom is 0.0163 e. The van der Waals surface area contributed by atoms with Gasteiger partial charge in [-0.05, 0) is 39.4 Å². The van der Waals surface area contributed by atoms with E-state index >= 15 is 0 Å². The van der Waals surface area contributed by atoms with Crippen LogP contribution in [-0.2, 0) is 0 Å². The van der Waals surface area contributed by atoms with E-state index in [-0.39, 0.29) is 0 Å². The summed E-state index contributed by atoms with van der Waals surface area (Å²) < 4.78 is 0. The fraction of sp³-hybridized carbons (Fsp3) is 0.833. The number of hydrogen-bond acceptors (Lipinski definition) is 2. The van der Waals surface area contributed by atoms with Crippen LogP contribution in [0.2, 0.25) is 0 Å². The highest BCUT2D eigenvalue weighted by molar-refractivity contribution is 4.76. The molecule has 0 heterocycles. The van der Waals surface area contributed by atoms with Crippen LogP contribution in [0.15, 0.2) is 12.7 Å². The molecule has 2 heteroatoms. The number of likely N-dealkylation sites (N-methyl/N-ethyl adjacent to an activating group) is 1. The maximum absolute atomic E-state index is 3.78. The van der Waals surface area contributed by atoms with Gasteiger partial charge in [0.1, 0.15) is 0 Å². The summed E-state index contributed by atoms with van der Waals surface area (Å²) in [6.07, 6.45) is 4.43. The molecule has 0 aliphatic heterocycles. The molecule has 1 atom stereocenters. The first-order valence-electron chi connectivity index (χ1n) is 5.81. The van der Waals surface area contributed by atoms with Crippen LogP contribution in [0.5, 0.6) is 0 Å². The van der Waals surface area contributed by atoms with E-state index in [1.54, 1.807) is 0 Å². The zero-order chi connectivity index (χ0) is 10.8. The Hall–Kier alpha value is -0.340. The highest BCUT2D eigenvalue weighted by Crippen LogP contribution is 2.02. The number of nitrogens with one attached hydrogen (secondary N) is 1. The lowest BCUT2D eigenvalue weighted by molar-refractivity contribution is 0.231. The quantitative estimate of drug-likeness (QED) is 0.452. The number of nitrogens with zero attached hydrogens (tertiary/aromatic N) is 1. The Kier molecular flexibility index (Phi) is 9.00. The smallest absolute Gasteiger partial charge is 0.0163 e. The van der Waals surface area contributed by atoms with E-state index in [4.69, 9.17) is 0 Å². The Balaban J connectivity index is 3.57. The molecular weight excluding hydrogens is 172 g/mol. The van der Waals surface area contributed by atoms with E-state index in [1.165, 1.54) is 12.8 Å². The van der Waals surface area contributed by atoms with Crippen LogP contribution in [0, 0.1) is 0 Å². The second-order valence-corrected chi connectivity index (χ2v) is 3.76. The summed E-state index contributed by atoms with van der Waals surface area (Å²) in [5.74, 6) is 0. The van der Waals surface area contributed by atoms with Crippen molar-refractivity contribution < 1.29 is 0 Å². The van der Waals surface area contributed by atoms with Crippen molar-refractivity contribution in [1.82, 2.24) is 10.2 Å². The van der Waals surface area contributed by atoms with Crippen molar-refractivity contribution in [3.05, 3.63) is 12.7 Å². The first-order valence-corrected chi connectivity index (χ1v) is 5.81. The summed E-state index contributed by atoms with van der Waals surface area (Å²) in [5, 5.41) is 3.43. The molecule has 0 radical (unpaired) electrons. The highest BCUT2D eigenvalue weighted by atomic mass is 15.1. The van der Waals surface area contributed by atoms with Crippen molar-refractivity contribution in [2.75, 3.05) is 26.2 Å². The number of hydrogen-bond donors (Lipinski definition) is 1.